The molecular weight excluding hydrogens is 372 g/mol. The molecule has 1 amide bonds. The molecule has 7 heteroatoms. The number of methoxy groups -OCH3 is 1. The Labute approximate surface area is 159 Å². The van der Waals surface area contributed by atoms with Crippen molar-refractivity contribution in [3.05, 3.63) is 81.3 Å². The lowest BCUT2D eigenvalue weighted by Gasteiger charge is -2.03. The molecule has 5 nitrogen and oxygen atoms in total. The van der Waals surface area contributed by atoms with Crippen LogP contribution in [-0.2, 0) is 11.2 Å². The van der Waals surface area contributed by atoms with E-state index in [0.29, 0.717) is 27.7 Å². The van der Waals surface area contributed by atoms with Gasteiger partial charge in [-0.2, -0.15) is 0 Å². The molecule has 2 aromatic carbocycles. The fourth-order valence-corrected chi connectivity index (χ4v) is 3.39. The van der Waals surface area contributed by atoms with Crippen molar-refractivity contribution in [2.45, 2.75) is 6.42 Å². The molecule has 3 aromatic rings. The first-order valence-electron chi connectivity index (χ1n) is 7.74. The number of halogens is 1. The number of hydrogen-bond acceptors (Lipinski definition) is 5. The number of esters is 1. The summed E-state index contributed by atoms with van der Waals surface area (Å²) in [4.78, 5) is 29.0. The molecule has 0 bridgehead atoms. The highest BCUT2D eigenvalue weighted by Gasteiger charge is 2.11. The highest BCUT2D eigenvalue weighted by Crippen LogP contribution is 2.23. The smallest absolute Gasteiger partial charge is 0.337 e. The molecule has 26 heavy (non-hydrogen) atoms. The lowest BCUT2D eigenvalue weighted by atomic mass is 10.1. The average molecular weight is 387 g/mol. The first-order valence-corrected chi connectivity index (χ1v) is 8.93. The van der Waals surface area contributed by atoms with Crippen molar-refractivity contribution in [2.75, 3.05) is 12.4 Å². The van der Waals surface area contributed by atoms with Gasteiger partial charge in [0.15, 0.2) is 5.13 Å². The molecule has 1 aromatic heterocycles. The second-order valence-electron chi connectivity index (χ2n) is 5.46. The molecule has 0 fully saturated rings. The Bertz CT molecular complexity index is 938. The van der Waals surface area contributed by atoms with Crippen molar-refractivity contribution < 1.29 is 14.3 Å². The Morgan fingerprint density at radius 3 is 2.58 bits per heavy atom. The number of carbonyl (C=O) groups is 2. The summed E-state index contributed by atoms with van der Waals surface area (Å²) >= 11 is 7.40. The molecule has 0 saturated carbocycles. The molecular formula is C19H15ClN2O3S. The molecule has 0 aliphatic heterocycles. The quantitative estimate of drug-likeness (QED) is 0.659. The summed E-state index contributed by atoms with van der Waals surface area (Å²) in [6, 6.07) is 13.9. The second kappa shape index (κ2) is 8.12. The molecule has 0 aliphatic carbocycles. The van der Waals surface area contributed by atoms with E-state index in [2.05, 4.69) is 15.0 Å². The van der Waals surface area contributed by atoms with E-state index in [1.807, 2.05) is 24.3 Å². The SMILES string of the molecule is COC(=O)c1ccc(C(=O)Nc2ncc(Cc3cccc(Cl)c3)s2)cc1. The molecule has 0 unspecified atom stereocenters. The fraction of sp³-hybridized carbons (Fsp3) is 0.105. The lowest BCUT2D eigenvalue weighted by molar-refractivity contribution is 0.0600. The predicted molar refractivity (Wildman–Crippen MR) is 102 cm³/mol. The Kier molecular flexibility index (Phi) is 5.65. The van der Waals surface area contributed by atoms with E-state index in [1.54, 1.807) is 30.5 Å². The minimum Gasteiger partial charge on any atom is -0.465 e. The summed E-state index contributed by atoms with van der Waals surface area (Å²) in [5.41, 5.74) is 1.91. The van der Waals surface area contributed by atoms with Gasteiger partial charge < -0.3 is 4.74 Å². The van der Waals surface area contributed by atoms with E-state index in [1.165, 1.54) is 18.4 Å². The maximum absolute atomic E-state index is 12.3. The van der Waals surface area contributed by atoms with Gasteiger partial charge in [0.25, 0.3) is 5.91 Å². The van der Waals surface area contributed by atoms with Crippen LogP contribution in [0.4, 0.5) is 5.13 Å². The van der Waals surface area contributed by atoms with Crippen molar-refractivity contribution in [3.8, 4) is 0 Å². The van der Waals surface area contributed by atoms with Gasteiger partial charge >= 0.3 is 5.97 Å². The van der Waals surface area contributed by atoms with Crippen LogP contribution in [0.1, 0.15) is 31.2 Å². The first kappa shape index (κ1) is 18.1. The maximum atomic E-state index is 12.3. The van der Waals surface area contributed by atoms with Crippen molar-refractivity contribution in [2.24, 2.45) is 0 Å². The molecule has 1 heterocycles. The van der Waals surface area contributed by atoms with Gasteiger partial charge in [-0.05, 0) is 42.0 Å². The number of thiazole rings is 1. The average Bonchev–Trinajstić information content (AvgIpc) is 3.08. The monoisotopic (exact) mass is 386 g/mol. The van der Waals surface area contributed by atoms with Crippen molar-refractivity contribution in [1.82, 2.24) is 4.98 Å². The number of anilines is 1. The standard InChI is InChI=1S/C19H15ClN2O3S/c1-25-18(24)14-7-5-13(6-8-14)17(23)22-19-21-11-16(26-19)10-12-3-2-4-15(20)9-12/h2-9,11H,10H2,1H3,(H,21,22,23). The first-order chi connectivity index (χ1) is 12.5. The van der Waals surface area contributed by atoms with Gasteiger partial charge in [0.05, 0.1) is 12.7 Å². The van der Waals surface area contributed by atoms with Crippen molar-refractivity contribution in [3.63, 3.8) is 0 Å². The molecule has 1 N–H and O–H groups in total. The van der Waals surface area contributed by atoms with E-state index in [-0.39, 0.29) is 5.91 Å². The number of nitrogens with zero attached hydrogens (tertiary/aromatic N) is 1. The zero-order valence-electron chi connectivity index (χ0n) is 13.9. The summed E-state index contributed by atoms with van der Waals surface area (Å²) in [7, 11) is 1.31. The van der Waals surface area contributed by atoms with Crippen LogP contribution in [-0.4, -0.2) is 24.0 Å². The maximum Gasteiger partial charge on any atom is 0.337 e. The van der Waals surface area contributed by atoms with Crippen LogP contribution in [0.2, 0.25) is 5.02 Å². The van der Waals surface area contributed by atoms with Crippen LogP contribution in [0.3, 0.4) is 0 Å². The Hall–Kier alpha value is -2.70. The van der Waals surface area contributed by atoms with Gasteiger partial charge in [0, 0.05) is 28.1 Å². The zero-order valence-corrected chi connectivity index (χ0v) is 15.4. The van der Waals surface area contributed by atoms with Crippen LogP contribution in [0, 0.1) is 0 Å². The van der Waals surface area contributed by atoms with Crippen LogP contribution in [0.5, 0.6) is 0 Å². The predicted octanol–water partition coefficient (Wildman–Crippen LogP) is 4.43. The summed E-state index contributed by atoms with van der Waals surface area (Å²) in [5, 5.41) is 3.97. The van der Waals surface area contributed by atoms with Crippen LogP contribution in [0.25, 0.3) is 0 Å². The third kappa shape index (κ3) is 4.47. The Balaban J connectivity index is 1.65. The van der Waals surface area contributed by atoms with Gasteiger partial charge in [-0.1, -0.05) is 23.7 Å². The summed E-state index contributed by atoms with van der Waals surface area (Å²) in [6.45, 7) is 0. The molecule has 3 rings (SSSR count). The van der Waals surface area contributed by atoms with Crippen molar-refractivity contribution in [1.29, 1.82) is 0 Å². The molecule has 0 saturated heterocycles. The zero-order chi connectivity index (χ0) is 18.5. The minimum absolute atomic E-state index is 0.287. The highest BCUT2D eigenvalue weighted by molar-refractivity contribution is 7.15. The van der Waals surface area contributed by atoms with Crippen LogP contribution >= 0.6 is 22.9 Å². The Morgan fingerprint density at radius 2 is 1.88 bits per heavy atom. The lowest BCUT2D eigenvalue weighted by Crippen LogP contribution is -2.12. The van der Waals surface area contributed by atoms with E-state index < -0.39 is 5.97 Å². The number of nitrogens with one attached hydrogen (secondary N) is 1. The number of benzene rings is 2. The molecule has 132 valence electrons. The van der Waals surface area contributed by atoms with Crippen LogP contribution in [0.15, 0.2) is 54.7 Å². The molecule has 0 atom stereocenters. The number of hydrogen-bond donors (Lipinski definition) is 1. The molecule has 0 spiro atoms. The van der Waals surface area contributed by atoms with Crippen molar-refractivity contribution >= 4 is 39.9 Å². The minimum atomic E-state index is -0.442. The van der Waals surface area contributed by atoms with Gasteiger partial charge in [0.1, 0.15) is 0 Å². The summed E-state index contributed by atoms with van der Waals surface area (Å²) in [6.07, 6.45) is 2.43. The number of amides is 1. The molecule has 0 aliphatic rings. The second-order valence-corrected chi connectivity index (χ2v) is 7.01. The highest BCUT2D eigenvalue weighted by atomic mass is 35.5. The Morgan fingerprint density at radius 1 is 1.15 bits per heavy atom. The van der Waals surface area contributed by atoms with E-state index in [9.17, 15) is 9.59 Å². The third-order valence-electron chi connectivity index (χ3n) is 3.61. The number of carbonyl (C=O) groups excluding carboxylic acids is 2. The van der Waals surface area contributed by atoms with Gasteiger partial charge in [-0.3, -0.25) is 10.1 Å². The number of rotatable bonds is 5. The number of aromatic nitrogens is 1. The topological polar surface area (TPSA) is 68.3 Å². The van der Waals surface area contributed by atoms with E-state index in [4.69, 9.17) is 11.6 Å². The van der Waals surface area contributed by atoms with E-state index in [0.717, 1.165) is 10.4 Å². The van der Waals surface area contributed by atoms with Gasteiger partial charge in [0.2, 0.25) is 0 Å². The van der Waals surface area contributed by atoms with E-state index >= 15 is 0 Å². The fourth-order valence-electron chi connectivity index (χ4n) is 2.34. The van der Waals surface area contributed by atoms with Gasteiger partial charge in [-0.15, -0.1) is 11.3 Å². The summed E-state index contributed by atoms with van der Waals surface area (Å²) in [5.74, 6) is -0.729. The van der Waals surface area contributed by atoms with Crippen LogP contribution < -0.4 is 5.32 Å². The molecule has 0 radical (unpaired) electrons. The summed E-state index contributed by atoms with van der Waals surface area (Å²) < 4.78 is 4.64. The van der Waals surface area contributed by atoms with Gasteiger partial charge in [-0.25, -0.2) is 9.78 Å². The normalized spacial score (nSPS) is 10.4. The third-order valence-corrected chi connectivity index (χ3v) is 4.76. The largest absolute Gasteiger partial charge is 0.465 e. The number of ether oxygens (including phenoxy) is 1.